The van der Waals surface area contributed by atoms with Gasteiger partial charge in [0.25, 0.3) is 5.91 Å². The van der Waals surface area contributed by atoms with Crippen molar-refractivity contribution >= 4 is 5.91 Å². The van der Waals surface area contributed by atoms with Crippen molar-refractivity contribution < 1.29 is 24.1 Å². The molecule has 7 heteroatoms. The third-order valence-corrected chi connectivity index (χ3v) is 4.28. The first-order valence-electron chi connectivity index (χ1n) is 8.29. The lowest BCUT2D eigenvalue weighted by Gasteiger charge is -2.29. The number of ether oxygens (including phenoxy) is 3. The van der Waals surface area contributed by atoms with Crippen molar-refractivity contribution in [3.05, 3.63) is 30.3 Å². The molecule has 0 aromatic heterocycles. The van der Waals surface area contributed by atoms with Crippen LogP contribution in [0.3, 0.4) is 0 Å². The highest BCUT2D eigenvalue weighted by atomic mass is 16.5. The summed E-state index contributed by atoms with van der Waals surface area (Å²) in [6.45, 7) is 3.98. The van der Waals surface area contributed by atoms with Gasteiger partial charge >= 0.3 is 0 Å². The highest BCUT2D eigenvalue weighted by molar-refractivity contribution is 5.78. The highest BCUT2D eigenvalue weighted by Gasteiger charge is 2.37. The standard InChI is InChI=1S/C17H24N2O5/c20-16(12-23-13-4-2-1-3-5-13)18-14-11-24-15(17(14)21)10-19-6-8-22-9-7-19/h1-5,14-15,17,21H,6-12H2,(H,18,20)/t14-,15-,17+/m0/s1. The van der Waals surface area contributed by atoms with Crippen LogP contribution in [0.5, 0.6) is 5.75 Å². The first-order chi connectivity index (χ1) is 11.7. The number of hydrogen-bond acceptors (Lipinski definition) is 6. The molecule has 7 nitrogen and oxygen atoms in total. The summed E-state index contributed by atoms with van der Waals surface area (Å²) in [4.78, 5) is 14.2. The van der Waals surface area contributed by atoms with Crippen LogP contribution in [0, 0.1) is 0 Å². The van der Waals surface area contributed by atoms with Crippen molar-refractivity contribution in [1.29, 1.82) is 0 Å². The lowest BCUT2D eigenvalue weighted by atomic mass is 10.1. The van der Waals surface area contributed by atoms with Gasteiger partial charge in [0.1, 0.15) is 11.9 Å². The molecule has 2 aliphatic rings. The number of rotatable bonds is 6. The first kappa shape index (κ1) is 17.2. The molecule has 0 unspecified atom stereocenters. The van der Waals surface area contributed by atoms with Crippen LogP contribution in [-0.2, 0) is 14.3 Å². The van der Waals surface area contributed by atoms with Crippen LogP contribution in [0.15, 0.2) is 30.3 Å². The van der Waals surface area contributed by atoms with Gasteiger partial charge in [0.05, 0.1) is 32.0 Å². The molecule has 0 aliphatic carbocycles. The number of carbonyl (C=O) groups is 1. The van der Waals surface area contributed by atoms with Crippen LogP contribution in [0.2, 0.25) is 0 Å². The molecule has 2 N–H and O–H groups in total. The Balaban J connectivity index is 1.41. The molecule has 2 fully saturated rings. The number of nitrogens with zero attached hydrogens (tertiary/aromatic N) is 1. The Morgan fingerprint density at radius 2 is 2.04 bits per heavy atom. The molecule has 2 heterocycles. The Hall–Kier alpha value is -1.67. The van der Waals surface area contributed by atoms with E-state index < -0.39 is 12.1 Å². The summed E-state index contributed by atoms with van der Waals surface area (Å²) in [5.74, 6) is 0.375. The molecule has 3 atom stereocenters. The average molecular weight is 336 g/mol. The topological polar surface area (TPSA) is 80.3 Å². The van der Waals surface area contributed by atoms with Crippen molar-refractivity contribution in [2.75, 3.05) is 46.1 Å². The summed E-state index contributed by atoms with van der Waals surface area (Å²) in [5.41, 5.74) is 0. The zero-order valence-electron chi connectivity index (χ0n) is 13.6. The van der Waals surface area contributed by atoms with E-state index >= 15 is 0 Å². The summed E-state index contributed by atoms with van der Waals surface area (Å²) in [5, 5.41) is 13.2. The van der Waals surface area contributed by atoms with Crippen molar-refractivity contribution in [1.82, 2.24) is 10.2 Å². The molecular weight excluding hydrogens is 312 g/mol. The molecule has 0 saturated carbocycles. The summed E-state index contributed by atoms with van der Waals surface area (Å²) in [6, 6.07) is 8.75. The van der Waals surface area contributed by atoms with Crippen LogP contribution in [0.25, 0.3) is 0 Å². The van der Waals surface area contributed by atoms with Crippen LogP contribution >= 0.6 is 0 Å². The predicted molar refractivity (Wildman–Crippen MR) is 86.9 cm³/mol. The third kappa shape index (κ3) is 4.67. The summed E-state index contributed by atoms with van der Waals surface area (Å²) < 4.78 is 16.4. The number of morpholine rings is 1. The molecule has 3 rings (SSSR count). The number of para-hydroxylation sites is 1. The van der Waals surface area contributed by atoms with Crippen LogP contribution in [0.1, 0.15) is 0 Å². The van der Waals surface area contributed by atoms with Gasteiger partial charge in [-0.25, -0.2) is 0 Å². The Labute approximate surface area is 141 Å². The van der Waals surface area contributed by atoms with Gasteiger partial charge in [-0.3, -0.25) is 9.69 Å². The number of benzene rings is 1. The normalized spacial score (nSPS) is 27.8. The van der Waals surface area contributed by atoms with Crippen molar-refractivity contribution in [3.8, 4) is 5.75 Å². The Morgan fingerprint density at radius 3 is 2.79 bits per heavy atom. The monoisotopic (exact) mass is 336 g/mol. The van der Waals surface area contributed by atoms with Gasteiger partial charge in [-0.1, -0.05) is 18.2 Å². The quantitative estimate of drug-likeness (QED) is 0.739. The molecule has 2 aliphatic heterocycles. The molecule has 132 valence electrons. The maximum Gasteiger partial charge on any atom is 0.258 e. The summed E-state index contributed by atoms with van der Waals surface area (Å²) in [7, 11) is 0. The zero-order chi connectivity index (χ0) is 16.8. The largest absolute Gasteiger partial charge is 0.484 e. The molecule has 0 bridgehead atoms. The maximum absolute atomic E-state index is 12.0. The van der Waals surface area contributed by atoms with Gasteiger partial charge in [0.2, 0.25) is 0 Å². The van der Waals surface area contributed by atoms with E-state index in [2.05, 4.69) is 10.2 Å². The average Bonchev–Trinajstić information content (AvgIpc) is 2.95. The minimum Gasteiger partial charge on any atom is -0.484 e. The van der Waals surface area contributed by atoms with Gasteiger partial charge in [0.15, 0.2) is 6.61 Å². The first-order valence-corrected chi connectivity index (χ1v) is 8.29. The van der Waals surface area contributed by atoms with Crippen LogP contribution in [-0.4, -0.2) is 80.2 Å². The molecule has 0 radical (unpaired) electrons. The number of carbonyl (C=O) groups excluding carboxylic acids is 1. The smallest absolute Gasteiger partial charge is 0.258 e. The molecule has 24 heavy (non-hydrogen) atoms. The molecule has 0 spiro atoms. The van der Waals surface area contributed by atoms with E-state index in [1.54, 1.807) is 12.1 Å². The second kappa shape index (κ2) is 8.43. The Kier molecular flexibility index (Phi) is 6.03. The molecular formula is C17H24N2O5. The fraction of sp³-hybridized carbons (Fsp3) is 0.588. The number of aliphatic hydroxyl groups is 1. The SMILES string of the molecule is O=C(COc1ccccc1)N[C@H]1CO[C@@H](CN2CCOCC2)[C@@H]1O. The second-order valence-electron chi connectivity index (χ2n) is 6.05. The summed E-state index contributed by atoms with van der Waals surface area (Å²) >= 11 is 0. The van der Waals surface area contributed by atoms with Gasteiger partial charge in [0, 0.05) is 19.6 Å². The lowest BCUT2D eigenvalue weighted by molar-refractivity contribution is -0.124. The Bertz CT molecular complexity index is 521. The molecule has 2 saturated heterocycles. The molecule has 1 aromatic rings. The second-order valence-corrected chi connectivity index (χ2v) is 6.05. The zero-order valence-corrected chi connectivity index (χ0v) is 13.6. The van der Waals surface area contributed by atoms with Crippen LogP contribution in [0.4, 0.5) is 0 Å². The van der Waals surface area contributed by atoms with Gasteiger partial charge in [-0.2, -0.15) is 0 Å². The fourth-order valence-electron chi connectivity index (χ4n) is 2.92. The minimum absolute atomic E-state index is 0.0820. The number of nitrogens with one attached hydrogen (secondary N) is 1. The number of amides is 1. The van der Waals surface area contributed by atoms with E-state index in [9.17, 15) is 9.90 Å². The molecule has 1 amide bonds. The van der Waals surface area contributed by atoms with E-state index in [1.165, 1.54) is 0 Å². The summed E-state index contributed by atoms with van der Waals surface area (Å²) in [6.07, 6.45) is -1.00. The van der Waals surface area contributed by atoms with E-state index in [4.69, 9.17) is 14.2 Å². The Morgan fingerprint density at radius 1 is 1.29 bits per heavy atom. The predicted octanol–water partition coefficient (Wildman–Crippen LogP) is -0.358. The lowest BCUT2D eigenvalue weighted by Crippen LogP contribution is -2.49. The van der Waals surface area contributed by atoms with Gasteiger partial charge in [-0.05, 0) is 12.1 Å². The minimum atomic E-state index is -0.714. The van der Waals surface area contributed by atoms with E-state index in [-0.39, 0.29) is 18.6 Å². The van der Waals surface area contributed by atoms with E-state index in [0.717, 1.165) is 13.1 Å². The van der Waals surface area contributed by atoms with Crippen molar-refractivity contribution in [2.45, 2.75) is 18.2 Å². The third-order valence-electron chi connectivity index (χ3n) is 4.28. The molecule has 1 aromatic carbocycles. The highest BCUT2D eigenvalue weighted by Crippen LogP contribution is 2.16. The van der Waals surface area contributed by atoms with Crippen LogP contribution < -0.4 is 10.1 Å². The van der Waals surface area contributed by atoms with Crippen molar-refractivity contribution in [2.24, 2.45) is 0 Å². The number of hydrogen-bond donors (Lipinski definition) is 2. The van der Waals surface area contributed by atoms with Gasteiger partial charge in [-0.15, -0.1) is 0 Å². The maximum atomic E-state index is 12.0. The van der Waals surface area contributed by atoms with E-state index in [1.807, 2.05) is 18.2 Å². The van der Waals surface area contributed by atoms with E-state index in [0.29, 0.717) is 32.1 Å². The number of aliphatic hydroxyl groups excluding tert-OH is 1. The fourth-order valence-corrected chi connectivity index (χ4v) is 2.92. The van der Waals surface area contributed by atoms with Crippen molar-refractivity contribution in [3.63, 3.8) is 0 Å². The van der Waals surface area contributed by atoms with Gasteiger partial charge < -0.3 is 24.6 Å².